The Morgan fingerprint density at radius 1 is 1.45 bits per heavy atom. The van der Waals surface area contributed by atoms with Crippen LogP contribution in [0.15, 0.2) is 18.2 Å². The van der Waals surface area contributed by atoms with Crippen LogP contribution >= 0.6 is 23.2 Å². The van der Waals surface area contributed by atoms with E-state index in [2.05, 4.69) is 4.72 Å². The second-order valence-electron chi connectivity index (χ2n) is 4.51. The number of hydrogen-bond acceptors (Lipinski definition) is 4. The van der Waals surface area contributed by atoms with Crippen molar-refractivity contribution < 1.29 is 13.3 Å². The predicted octanol–water partition coefficient (Wildman–Crippen LogP) is 2.22. The third kappa shape index (κ3) is 2.95. The van der Waals surface area contributed by atoms with Crippen LogP contribution in [-0.2, 0) is 14.9 Å². The predicted molar refractivity (Wildman–Crippen MR) is 79.3 cm³/mol. The van der Waals surface area contributed by atoms with Gasteiger partial charge in [0.15, 0.2) is 0 Å². The summed E-state index contributed by atoms with van der Waals surface area (Å²) in [4.78, 5) is 5.37. The molecule has 2 rings (SSSR count). The monoisotopic (exact) mass is 338 g/mol. The van der Waals surface area contributed by atoms with E-state index in [0.29, 0.717) is 22.2 Å². The third-order valence-corrected chi connectivity index (χ3v) is 5.95. The van der Waals surface area contributed by atoms with Gasteiger partial charge >= 0.3 is 0 Å². The molecule has 0 spiro atoms. The van der Waals surface area contributed by atoms with E-state index >= 15 is 0 Å². The van der Waals surface area contributed by atoms with Crippen molar-refractivity contribution in [3.63, 3.8) is 0 Å². The molecule has 0 aromatic heterocycles. The number of benzene rings is 1. The topological polar surface area (TPSA) is 58.6 Å². The second kappa shape index (κ2) is 6.17. The number of nitrogens with one attached hydrogen (secondary N) is 1. The average molecular weight is 339 g/mol. The first-order valence-electron chi connectivity index (χ1n) is 6.16. The Labute approximate surface area is 128 Å². The van der Waals surface area contributed by atoms with Crippen LogP contribution < -0.4 is 4.72 Å². The zero-order valence-electron chi connectivity index (χ0n) is 11.1. The van der Waals surface area contributed by atoms with Crippen molar-refractivity contribution in [3.8, 4) is 0 Å². The fourth-order valence-electron chi connectivity index (χ4n) is 2.31. The van der Waals surface area contributed by atoms with Crippen LogP contribution in [0.5, 0.6) is 0 Å². The fraction of sp³-hybridized carbons (Fsp3) is 0.500. The Kier molecular flexibility index (Phi) is 4.94. The molecule has 0 aliphatic carbocycles. The summed E-state index contributed by atoms with van der Waals surface area (Å²) in [6, 6.07) is 4.67. The van der Waals surface area contributed by atoms with Gasteiger partial charge in [0.1, 0.15) is 5.25 Å². The van der Waals surface area contributed by atoms with E-state index in [1.165, 1.54) is 5.06 Å². The molecule has 1 heterocycles. The molecule has 0 bridgehead atoms. The van der Waals surface area contributed by atoms with Crippen LogP contribution in [0.1, 0.15) is 18.5 Å². The van der Waals surface area contributed by atoms with Gasteiger partial charge < -0.3 is 0 Å². The SMILES string of the molecule is CCNS(=O)(=O)[C@@H]1CON(C)[C@H]1c1cccc(Cl)c1Cl. The minimum atomic E-state index is -3.49. The molecular weight excluding hydrogens is 323 g/mol. The van der Waals surface area contributed by atoms with Gasteiger partial charge in [0.25, 0.3) is 0 Å². The quantitative estimate of drug-likeness (QED) is 0.914. The molecule has 20 heavy (non-hydrogen) atoms. The highest BCUT2D eigenvalue weighted by Crippen LogP contribution is 2.39. The third-order valence-electron chi connectivity index (χ3n) is 3.23. The molecule has 0 unspecified atom stereocenters. The van der Waals surface area contributed by atoms with Gasteiger partial charge in [-0.1, -0.05) is 42.3 Å². The lowest BCUT2D eigenvalue weighted by molar-refractivity contribution is -0.110. The number of hydroxylamine groups is 2. The van der Waals surface area contributed by atoms with Crippen LogP contribution in [0.25, 0.3) is 0 Å². The van der Waals surface area contributed by atoms with Gasteiger partial charge in [-0.15, -0.1) is 0 Å². The summed E-state index contributed by atoms with van der Waals surface area (Å²) in [5.74, 6) is 0. The molecule has 0 amide bonds. The van der Waals surface area contributed by atoms with Crippen molar-refractivity contribution in [1.82, 2.24) is 9.79 Å². The van der Waals surface area contributed by atoms with Crippen LogP contribution in [0.2, 0.25) is 10.0 Å². The lowest BCUT2D eigenvalue weighted by Crippen LogP contribution is -2.39. The lowest BCUT2D eigenvalue weighted by Gasteiger charge is -2.24. The number of hydrogen-bond donors (Lipinski definition) is 1. The summed E-state index contributed by atoms with van der Waals surface area (Å²) < 4.78 is 27.0. The summed E-state index contributed by atoms with van der Waals surface area (Å²) in [7, 11) is -1.80. The van der Waals surface area contributed by atoms with E-state index in [1.807, 2.05) is 0 Å². The number of rotatable bonds is 4. The van der Waals surface area contributed by atoms with E-state index in [9.17, 15) is 8.42 Å². The molecule has 0 radical (unpaired) electrons. The van der Waals surface area contributed by atoms with E-state index in [0.717, 1.165) is 0 Å². The summed E-state index contributed by atoms with van der Waals surface area (Å²) in [6.45, 7) is 2.15. The fourth-order valence-corrected chi connectivity index (χ4v) is 4.24. The van der Waals surface area contributed by atoms with Crippen molar-refractivity contribution in [1.29, 1.82) is 0 Å². The molecular formula is C12H16Cl2N2O3S. The molecule has 1 saturated heterocycles. The molecule has 0 saturated carbocycles. The molecule has 8 heteroatoms. The molecule has 2 atom stereocenters. The Bertz CT molecular complexity index is 594. The van der Waals surface area contributed by atoms with Gasteiger partial charge in [-0.25, -0.2) is 13.1 Å². The number of nitrogens with zero attached hydrogens (tertiary/aromatic N) is 1. The Morgan fingerprint density at radius 3 is 2.80 bits per heavy atom. The highest BCUT2D eigenvalue weighted by atomic mass is 35.5. The Morgan fingerprint density at radius 2 is 2.15 bits per heavy atom. The zero-order chi connectivity index (χ0) is 14.9. The maximum atomic E-state index is 12.3. The van der Waals surface area contributed by atoms with Gasteiger partial charge in [0.05, 0.1) is 22.7 Å². The first-order valence-corrected chi connectivity index (χ1v) is 8.46. The summed E-state index contributed by atoms with van der Waals surface area (Å²) in [5.41, 5.74) is 0.644. The smallest absolute Gasteiger partial charge is 0.218 e. The van der Waals surface area contributed by atoms with Crippen LogP contribution in [0, 0.1) is 0 Å². The van der Waals surface area contributed by atoms with Crippen LogP contribution in [-0.4, -0.2) is 38.9 Å². The van der Waals surface area contributed by atoms with Crippen molar-refractivity contribution in [2.24, 2.45) is 0 Å². The number of sulfonamides is 1. The molecule has 1 N–H and O–H groups in total. The summed E-state index contributed by atoms with van der Waals surface area (Å²) in [5, 5.41) is 1.53. The standard InChI is InChI=1S/C12H16Cl2N2O3S/c1-3-15-20(17,18)10-7-19-16(2)12(10)8-5-4-6-9(13)11(8)14/h4-6,10,12,15H,3,7H2,1-2H3/t10-,12+/m1/s1. The molecule has 1 aromatic rings. The Balaban J connectivity index is 2.44. The minimum Gasteiger partial charge on any atom is -0.297 e. The van der Waals surface area contributed by atoms with Crippen molar-refractivity contribution in [2.75, 3.05) is 20.2 Å². The van der Waals surface area contributed by atoms with E-state index < -0.39 is 21.3 Å². The van der Waals surface area contributed by atoms with Crippen molar-refractivity contribution in [3.05, 3.63) is 33.8 Å². The lowest BCUT2D eigenvalue weighted by atomic mass is 10.0. The zero-order valence-corrected chi connectivity index (χ0v) is 13.5. The van der Waals surface area contributed by atoms with Gasteiger partial charge in [-0.3, -0.25) is 4.84 Å². The molecule has 1 aromatic carbocycles. The maximum Gasteiger partial charge on any atom is 0.218 e. The second-order valence-corrected chi connectivity index (χ2v) is 7.28. The summed E-state index contributed by atoms with van der Waals surface area (Å²) >= 11 is 12.2. The largest absolute Gasteiger partial charge is 0.297 e. The molecule has 1 fully saturated rings. The van der Waals surface area contributed by atoms with E-state index in [-0.39, 0.29) is 6.61 Å². The average Bonchev–Trinajstić information content (AvgIpc) is 2.75. The van der Waals surface area contributed by atoms with Gasteiger partial charge in [0, 0.05) is 13.6 Å². The Hall–Kier alpha value is -0.370. The van der Waals surface area contributed by atoms with Crippen LogP contribution in [0.3, 0.4) is 0 Å². The summed E-state index contributed by atoms with van der Waals surface area (Å²) in [6.07, 6.45) is 0. The highest BCUT2D eigenvalue weighted by molar-refractivity contribution is 7.90. The highest BCUT2D eigenvalue weighted by Gasteiger charge is 2.43. The minimum absolute atomic E-state index is 0.0827. The van der Waals surface area contributed by atoms with E-state index in [4.69, 9.17) is 28.0 Å². The maximum absolute atomic E-state index is 12.3. The molecule has 5 nitrogen and oxygen atoms in total. The normalized spacial score (nSPS) is 24.2. The van der Waals surface area contributed by atoms with Gasteiger partial charge in [-0.2, -0.15) is 5.06 Å². The first-order chi connectivity index (χ1) is 9.38. The van der Waals surface area contributed by atoms with Gasteiger partial charge in [0.2, 0.25) is 10.0 Å². The number of halogens is 2. The van der Waals surface area contributed by atoms with E-state index in [1.54, 1.807) is 32.2 Å². The van der Waals surface area contributed by atoms with Crippen molar-refractivity contribution >= 4 is 33.2 Å². The molecule has 1 aliphatic heterocycles. The molecule has 112 valence electrons. The molecule has 1 aliphatic rings. The first kappa shape index (κ1) is 16.0. The van der Waals surface area contributed by atoms with Crippen molar-refractivity contribution in [2.45, 2.75) is 18.2 Å². The van der Waals surface area contributed by atoms with Gasteiger partial charge in [-0.05, 0) is 11.6 Å². The van der Waals surface area contributed by atoms with Crippen LogP contribution in [0.4, 0.5) is 0 Å².